The van der Waals surface area contributed by atoms with Gasteiger partial charge in [0.05, 0.1) is 4.90 Å². The molecular weight excluding hydrogens is 344 g/mol. The van der Waals surface area contributed by atoms with E-state index in [2.05, 4.69) is 17.1 Å². The highest BCUT2D eigenvalue weighted by Crippen LogP contribution is 2.51. The second kappa shape index (κ2) is 5.96. The Kier molecular flexibility index (Phi) is 3.97. The molecule has 4 nitrogen and oxygen atoms in total. The summed E-state index contributed by atoms with van der Waals surface area (Å²) < 4.78 is 27.6. The Hall–Kier alpha value is -2.11. The Morgan fingerprint density at radius 1 is 1.08 bits per heavy atom. The van der Waals surface area contributed by atoms with E-state index in [4.69, 9.17) is 0 Å². The van der Waals surface area contributed by atoms with E-state index in [9.17, 15) is 8.42 Å². The molecule has 0 spiro atoms. The highest BCUT2D eigenvalue weighted by Gasteiger charge is 2.48. The Balaban J connectivity index is 1.65. The second-order valence-corrected chi connectivity index (χ2v) is 9.58. The lowest BCUT2D eigenvalue weighted by molar-refractivity contribution is 0.428. The van der Waals surface area contributed by atoms with Crippen LogP contribution in [0.15, 0.2) is 53.6 Å². The molecule has 0 atom stereocenters. The fourth-order valence-corrected chi connectivity index (χ4v) is 5.08. The van der Waals surface area contributed by atoms with Crippen LogP contribution in [0.3, 0.4) is 0 Å². The number of sulfonamides is 1. The predicted octanol–water partition coefficient (Wildman–Crippen LogP) is 4.14. The number of aromatic amines is 1. The number of rotatable bonds is 5. The molecular formula is C21H24N2O2S. The highest BCUT2D eigenvalue weighted by molar-refractivity contribution is 7.89. The molecule has 0 unspecified atom stereocenters. The topological polar surface area (TPSA) is 53.2 Å². The van der Waals surface area contributed by atoms with Crippen molar-refractivity contribution >= 4 is 20.9 Å². The second-order valence-electron chi connectivity index (χ2n) is 7.54. The summed E-state index contributed by atoms with van der Waals surface area (Å²) in [5.74, 6) is 0. The average molecular weight is 369 g/mol. The third-order valence-corrected chi connectivity index (χ3v) is 7.53. The Labute approximate surface area is 154 Å². The summed E-state index contributed by atoms with van der Waals surface area (Å²) in [6.07, 6.45) is 4.08. The number of H-pyrrole nitrogens is 1. The Morgan fingerprint density at radius 3 is 2.50 bits per heavy atom. The molecule has 4 rings (SSSR count). The quantitative estimate of drug-likeness (QED) is 0.736. The van der Waals surface area contributed by atoms with Gasteiger partial charge in [0, 0.05) is 36.1 Å². The molecule has 5 heteroatoms. The normalized spacial score (nSPS) is 16.3. The van der Waals surface area contributed by atoms with Crippen molar-refractivity contribution in [2.45, 2.75) is 37.0 Å². The summed E-state index contributed by atoms with van der Waals surface area (Å²) in [5.41, 5.74) is 4.35. The van der Waals surface area contributed by atoms with Gasteiger partial charge in [-0.15, -0.1) is 0 Å². The first-order chi connectivity index (χ1) is 12.3. The van der Waals surface area contributed by atoms with Gasteiger partial charge in [-0.2, -0.15) is 0 Å². The number of aryl methyl sites for hydroxylation is 2. The zero-order chi connectivity index (χ0) is 18.5. The van der Waals surface area contributed by atoms with Crippen LogP contribution < -0.4 is 0 Å². The minimum Gasteiger partial charge on any atom is -0.361 e. The molecule has 2 aromatic carbocycles. The van der Waals surface area contributed by atoms with Gasteiger partial charge in [-0.05, 0) is 61.6 Å². The largest absolute Gasteiger partial charge is 0.361 e. The average Bonchev–Trinajstić information content (AvgIpc) is 3.25. The van der Waals surface area contributed by atoms with Crippen molar-refractivity contribution in [1.82, 2.24) is 9.29 Å². The molecule has 1 aliphatic rings. The van der Waals surface area contributed by atoms with Gasteiger partial charge in [-0.25, -0.2) is 12.7 Å². The maximum absolute atomic E-state index is 13.1. The monoisotopic (exact) mass is 368 g/mol. The van der Waals surface area contributed by atoms with Gasteiger partial charge >= 0.3 is 0 Å². The number of nitrogens with one attached hydrogen (secondary N) is 1. The summed E-state index contributed by atoms with van der Waals surface area (Å²) >= 11 is 0. The minimum atomic E-state index is -3.49. The van der Waals surface area contributed by atoms with Gasteiger partial charge in [0.25, 0.3) is 0 Å². The molecule has 0 aliphatic heterocycles. The molecule has 0 radical (unpaired) electrons. The number of hydrogen-bond acceptors (Lipinski definition) is 2. The van der Waals surface area contributed by atoms with Crippen molar-refractivity contribution < 1.29 is 8.42 Å². The van der Waals surface area contributed by atoms with E-state index in [1.54, 1.807) is 19.2 Å². The van der Waals surface area contributed by atoms with Crippen LogP contribution >= 0.6 is 0 Å². The van der Waals surface area contributed by atoms with Crippen molar-refractivity contribution in [3.63, 3.8) is 0 Å². The van der Waals surface area contributed by atoms with Crippen molar-refractivity contribution in [1.29, 1.82) is 0 Å². The van der Waals surface area contributed by atoms with Crippen molar-refractivity contribution in [2.24, 2.45) is 0 Å². The van der Waals surface area contributed by atoms with Crippen molar-refractivity contribution in [3.8, 4) is 0 Å². The summed E-state index contributed by atoms with van der Waals surface area (Å²) in [4.78, 5) is 3.70. The van der Waals surface area contributed by atoms with Crippen LogP contribution in [0.5, 0.6) is 0 Å². The molecule has 1 N–H and O–H groups in total. The van der Waals surface area contributed by atoms with Gasteiger partial charge in [-0.1, -0.05) is 24.3 Å². The van der Waals surface area contributed by atoms with Crippen LogP contribution in [0.2, 0.25) is 0 Å². The van der Waals surface area contributed by atoms with E-state index >= 15 is 0 Å². The van der Waals surface area contributed by atoms with E-state index in [-0.39, 0.29) is 5.41 Å². The van der Waals surface area contributed by atoms with Crippen LogP contribution in [-0.2, 0) is 15.4 Å². The smallest absolute Gasteiger partial charge is 0.242 e. The molecule has 1 aromatic heterocycles. The zero-order valence-corrected chi connectivity index (χ0v) is 16.2. The molecule has 1 aliphatic carbocycles. The van der Waals surface area contributed by atoms with Crippen LogP contribution in [0.4, 0.5) is 0 Å². The summed E-state index contributed by atoms with van der Waals surface area (Å²) in [7, 11) is -1.80. The number of para-hydroxylation sites is 1. The van der Waals surface area contributed by atoms with Crippen LogP contribution in [0, 0.1) is 13.8 Å². The first kappa shape index (κ1) is 17.3. The molecule has 136 valence electrons. The van der Waals surface area contributed by atoms with Gasteiger partial charge in [-0.3, -0.25) is 0 Å². The number of hydrogen-bond donors (Lipinski definition) is 1. The third kappa shape index (κ3) is 2.75. The van der Waals surface area contributed by atoms with E-state index in [1.165, 1.54) is 15.3 Å². The molecule has 1 heterocycles. The summed E-state index contributed by atoms with van der Waals surface area (Å²) in [6.45, 7) is 4.44. The lowest BCUT2D eigenvalue weighted by atomic mass is 9.95. The number of nitrogens with zero attached hydrogens (tertiary/aromatic N) is 1. The number of likely N-dealkylation sites (N-methyl/N-ethyl adjacent to an activating group) is 1. The molecule has 0 bridgehead atoms. The summed E-state index contributed by atoms with van der Waals surface area (Å²) in [5, 5.41) is 1.20. The minimum absolute atomic E-state index is 0.0822. The lowest BCUT2D eigenvalue weighted by Crippen LogP contribution is -2.34. The number of benzene rings is 2. The van der Waals surface area contributed by atoms with Gasteiger partial charge in [0.1, 0.15) is 0 Å². The first-order valence-corrected chi connectivity index (χ1v) is 10.4. The highest BCUT2D eigenvalue weighted by atomic mass is 32.2. The van der Waals surface area contributed by atoms with Gasteiger partial charge in [0.2, 0.25) is 10.0 Å². The Bertz CT molecular complexity index is 1080. The third-order valence-electron chi connectivity index (χ3n) is 5.73. The van der Waals surface area contributed by atoms with Crippen molar-refractivity contribution in [3.05, 3.63) is 65.4 Å². The van der Waals surface area contributed by atoms with E-state index in [0.717, 1.165) is 29.5 Å². The van der Waals surface area contributed by atoms with Crippen LogP contribution in [0.25, 0.3) is 10.9 Å². The number of aromatic nitrogens is 1. The standard InChI is InChI=1S/C21H24N2O2S/c1-15-8-9-17(12-16(15)2)26(24,25)23(3)14-21(10-11-21)19-13-22-20-7-5-4-6-18(19)20/h4-9,12-13,22H,10-11,14H2,1-3H3. The maximum atomic E-state index is 13.1. The molecule has 26 heavy (non-hydrogen) atoms. The van der Waals surface area contributed by atoms with Gasteiger partial charge < -0.3 is 4.98 Å². The Morgan fingerprint density at radius 2 is 1.81 bits per heavy atom. The van der Waals surface area contributed by atoms with E-state index in [0.29, 0.717) is 11.4 Å². The number of fused-ring (bicyclic) bond motifs is 1. The molecule has 1 saturated carbocycles. The van der Waals surface area contributed by atoms with E-state index in [1.807, 2.05) is 38.2 Å². The van der Waals surface area contributed by atoms with Gasteiger partial charge in [0.15, 0.2) is 0 Å². The van der Waals surface area contributed by atoms with Crippen molar-refractivity contribution in [2.75, 3.05) is 13.6 Å². The first-order valence-electron chi connectivity index (χ1n) is 8.94. The van der Waals surface area contributed by atoms with Crippen LogP contribution in [-0.4, -0.2) is 31.3 Å². The van der Waals surface area contributed by atoms with Crippen LogP contribution in [0.1, 0.15) is 29.5 Å². The molecule has 3 aromatic rings. The van der Waals surface area contributed by atoms with E-state index < -0.39 is 10.0 Å². The SMILES string of the molecule is Cc1ccc(S(=O)(=O)N(C)CC2(c3c[nH]c4ccccc34)CC2)cc1C. The maximum Gasteiger partial charge on any atom is 0.242 e. The predicted molar refractivity (Wildman–Crippen MR) is 105 cm³/mol. The fraction of sp³-hybridized carbons (Fsp3) is 0.333. The summed E-state index contributed by atoms with van der Waals surface area (Å²) in [6, 6.07) is 13.6. The lowest BCUT2D eigenvalue weighted by Gasteiger charge is -2.24. The molecule has 1 fully saturated rings. The molecule has 0 saturated heterocycles. The molecule has 0 amide bonds. The zero-order valence-electron chi connectivity index (χ0n) is 15.4. The fourth-order valence-electron chi connectivity index (χ4n) is 3.74.